The minimum atomic E-state index is -0.631. The van der Waals surface area contributed by atoms with Crippen LogP contribution in [0.5, 0.6) is 0 Å². The Balaban J connectivity index is 2.20. The van der Waals surface area contributed by atoms with E-state index in [9.17, 15) is 9.59 Å². The fourth-order valence-electron chi connectivity index (χ4n) is 2.15. The molecule has 25 heavy (non-hydrogen) atoms. The summed E-state index contributed by atoms with van der Waals surface area (Å²) >= 11 is 13.6. The number of hydrogen-bond donors (Lipinski definition) is 0. The first kappa shape index (κ1) is 17.7. The summed E-state index contributed by atoms with van der Waals surface area (Å²) in [5.41, 5.74) is 0.510. The van der Waals surface area contributed by atoms with E-state index >= 15 is 0 Å². The number of esters is 1. The van der Waals surface area contributed by atoms with Crippen LogP contribution in [0.25, 0.3) is 10.2 Å². The van der Waals surface area contributed by atoms with Crippen molar-refractivity contribution in [3.05, 3.63) is 45.0 Å². The quantitative estimate of drug-likeness (QED) is 0.628. The fourth-order valence-corrected chi connectivity index (χ4v) is 3.79. The Labute approximate surface area is 155 Å². The third-order valence-corrected chi connectivity index (χ3v) is 5.01. The molecule has 0 saturated carbocycles. The molecule has 0 fully saturated rings. The minimum Gasteiger partial charge on any atom is -0.465 e. The van der Waals surface area contributed by atoms with E-state index in [4.69, 9.17) is 32.5 Å². The molecule has 2 heterocycles. The van der Waals surface area contributed by atoms with E-state index in [-0.39, 0.29) is 23.7 Å². The molecule has 2 aromatic heterocycles. The van der Waals surface area contributed by atoms with Gasteiger partial charge in [0.2, 0.25) is 5.76 Å². The largest absolute Gasteiger partial charge is 0.465 e. The van der Waals surface area contributed by atoms with Gasteiger partial charge in [-0.1, -0.05) is 39.7 Å². The van der Waals surface area contributed by atoms with Crippen LogP contribution < -0.4 is 4.80 Å². The Bertz CT molecular complexity index is 1010. The highest BCUT2D eigenvalue weighted by Gasteiger charge is 2.17. The molecular formula is C15H11Cl2N3O4S. The summed E-state index contributed by atoms with van der Waals surface area (Å²) in [5.74, 6) is -1.13. The summed E-state index contributed by atoms with van der Waals surface area (Å²) in [6.07, 6.45) is 1.34. The maximum absolute atomic E-state index is 12.2. The molecule has 3 aromatic rings. The molecule has 1 amide bonds. The van der Waals surface area contributed by atoms with Gasteiger partial charge in [-0.25, -0.2) is 0 Å². The van der Waals surface area contributed by atoms with Gasteiger partial charge < -0.3 is 13.8 Å². The highest BCUT2D eigenvalue weighted by molar-refractivity contribution is 7.17. The van der Waals surface area contributed by atoms with Crippen LogP contribution in [-0.4, -0.2) is 28.2 Å². The lowest BCUT2D eigenvalue weighted by Gasteiger charge is -2.06. The first-order chi connectivity index (χ1) is 12.0. The second-order valence-corrected chi connectivity index (χ2v) is 6.57. The number of amides is 1. The van der Waals surface area contributed by atoms with Crippen LogP contribution in [0.1, 0.15) is 17.5 Å². The van der Waals surface area contributed by atoms with Crippen molar-refractivity contribution in [2.45, 2.75) is 13.5 Å². The number of aromatic nitrogens is 2. The zero-order chi connectivity index (χ0) is 18.0. The van der Waals surface area contributed by atoms with Crippen LogP contribution in [0.4, 0.5) is 0 Å². The summed E-state index contributed by atoms with van der Waals surface area (Å²) in [4.78, 5) is 28.4. The van der Waals surface area contributed by atoms with Crippen LogP contribution in [0, 0.1) is 0 Å². The summed E-state index contributed by atoms with van der Waals surface area (Å²) < 4.78 is 11.9. The zero-order valence-corrected chi connectivity index (χ0v) is 15.2. The molecule has 3 rings (SSSR count). The van der Waals surface area contributed by atoms with E-state index in [0.717, 1.165) is 11.3 Å². The number of ether oxygens (including phenoxy) is 1. The molecule has 0 aliphatic heterocycles. The Kier molecular flexibility index (Phi) is 5.22. The van der Waals surface area contributed by atoms with Gasteiger partial charge in [-0.05, 0) is 19.1 Å². The SMILES string of the molecule is CCOC(=O)Cn1c(=NC(=O)c2ccno2)sc2c(Cl)ccc(Cl)c21. The normalized spacial score (nSPS) is 11.9. The fraction of sp³-hybridized carbons (Fsp3) is 0.200. The van der Waals surface area contributed by atoms with E-state index in [2.05, 4.69) is 10.1 Å². The number of thiazole rings is 1. The molecule has 7 nitrogen and oxygen atoms in total. The van der Waals surface area contributed by atoms with Crippen molar-refractivity contribution in [1.29, 1.82) is 0 Å². The first-order valence-electron chi connectivity index (χ1n) is 7.14. The van der Waals surface area contributed by atoms with Gasteiger partial charge in [-0.2, -0.15) is 4.99 Å². The summed E-state index contributed by atoms with van der Waals surface area (Å²) in [6, 6.07) is 4.65. The summed E-state index contributed by atoms with van der Waals surface area (Å²) in [7, 11) is 0. The van der Waals surface area contributed by atoms with Crippen LogP contribution in [0.2, 0.25) is 10.0 Å². The van der Waals surface area contributed by atoms with E-state index in [1.807, 2.05) is 0 Å². The Morgan fingerprint density at radius 2 is 2.08 bits per heavy atom. The van der Waals surface area contributed by atoms with Gasteiger partial charge in [0.25, 0.3) is 0 Å². The average Bonchev–Trinajstić information content (AvgIpc) is 3.21. The second kappa shape index (κ2) is 7.38. The topological polar surface area (TPSA) is 86.7 Å². The van der Waals surface area contributed by atoms with Crippen molar-refractivity contribution >= 4 is 56.6 Å². The van der Waals surface area contributed by atoms with Gasteiger partial charge in [0.05, 0.1) is 33.1 Å². The maximum atomic E-state index is 12.2. The van der Waals surface area contributed by atoms with Crippen molar-refractivity contribution in [3.63, 3.8) is 0 Å². The Morgan fingerprint density at radius 3 is 2.76 bits per heavy atom. The Hall–Kier alpha value is -2.16. The van der Waals surface area contributed by atoms with Gasteiger partial charge in [-0.15, -0.1) is 0 Å². The number of carbonyl (C=O) groups excluding carboxylic acids is 2. The number of hydrogen-bond acceptors (Lipinski definition) is 6. The minimum absolute atomic E-state index is 0.0164. The van der Waals surface area contributed by atoms with E-state index in [1.165, 1.54) is 16.8 Å². The van der Waals surface area contributed by atoms with Crippen molar-refractivity contribution < 1.29 is 18.8 Å². The molecule has 0 radical (unpaired) electrons. The van der Waals surface area contributed by atoms with Crippen LogP contribution in [-0.2, 0) is 16.1 Å². The number of rotatable bonds is 4. The highest BCUT2D eigenvalue weighted by Crippen LogP contribution is 2.31. The van der Waals surface area contributed by atoms with Gasteiger partial charge in [-0.3, -0.25) is 9.59 Å². The molecule has 0 aliphatic carbocycles. The standard InChI is InChI=1S/C15H11Cl2N3O4S/c1-2-23-11(21)7-20-12-8(16)3-4-9(17)13(12)25-15(20)19-14(22)10-5-6-18-24-10/h3-6H,2,7H2,1H3. The van der Waals surface area contributed by atoms with Crippen LogP contribution >= 0.6 is 34.5 Å². The summed E-state index contributed by atoms with van der Waals surface area (Å²) in [6.45, 7) is 1.78. The van der Waals surface area contributed by atoms with Gasteiger partial charge in [0.15, 0.2) is 4.80 Å². The van der Waals surface area contributed by atoms with Crippen molar-refractivity contribution in [2.24, 2.45) is 4.99 Å². The van der Waals surface area contributed by atoms with E-state index in [1.54, 1.807) is 19.1 Å². The number of carbonyl (C=O) groups is 2. The van der Waals surface area contributed by atoms with Gasteiger partial charge >= 0.3 is 11.9 Å². The van der Waals surface area contributed by atoms with Crippen molar-refractivity contribution in [2.75, 3.05) is 6.61 Å². The highest BCUT2D eigenvalue weighted by atomic mass is 35.5. The third-order valence-electron chi connectivity index (χ3n) is 3.17. The lowest BCUT2D eigenvalue weighted by atomic mass is 10.3. The first-order valence-corrected chi connectivity index (χ1v) is 8.71. The molecule has 0 spiro atoms. The number of fused-ring (bicyclic) bond motifs is 1. The molecule has 0 N–H and O–H groups in total. The molecule has 0 saturated heterocycles. The Morgan fingerprint density at radius 1 is 1.32 bits per heavy atom. The number of nitrogens with zero attached hydrogens (tertiary/aromatic N) is 3. The lowest BCUT2D eigenvalue weighted by molar-refractivity contribution is -0.143. The molecule has 0 aliphatic rings. The zero-order valence-electron chi connectivity index (χ0n) is 12.9. The molecule has 0 unspecified atom stereocenters. The average molecular weight is 400 g/mol. The van der Waals surface area contributed by atoms with Crippen LogP contribution in [0.15, 0.2) is 33.9 Å². The predicted molar refractivity (Wildman–Crippen MR) is 92.9 cm³/mol. The molecule has 130 valence electrons. The van der Waals surface area contributed by atoms with Crippen molar-refractivity contribution in [1.82, 2.24) is 9.72 Å². The molecule has 1 aromatic carbocycles. The number of halogens is 2. The van der Waals surface area contributed by atoms with Crippen LogP contribution in [0.3, 0.4) is 0 Å². The van der Waals surface area contributed by atoms with Gasteiger partial charge in [0, 0.05) is 6.07 Å². The molecular weight excluding hydrogens is 389 g/mol. The molecule has 10 heteroatoms. The summed E-state index contributed by atoms with van der Waals surface area (Å²) in [5, 5.41) is 4.30. The molecule has 0 atom stereocenters. The van der Waals surface area contributed by atoms with Crippen molar-refractivity contribution in [3.8, 4) is 0 Å². The third kappa shape index (κ3) is 3.60. The van der Waals surface area contributed by atoms with E-state index < -0.39 is 11.9 Å². The number of benzene rings is 1. The molecule has 0 bridgehead atoms. The monoisotopic (exact) mass is 399 g/mol. The smallest absolute Gasteiger partial charge is 0.326 e. The predicted octanol–water partition coefficient (Wildman–Crippen LogP) is 3.30. The lowest BCUT2D eigenvalue weighted by Crippen LogP contribution is -2.23. The maximum Gasteiger partial charge on any atom is 0.326 e. The van der Waals surface area contributed by atoms with Gasteiger partial charge in [0.1, 0.15) is 6.54 Å². The second-order valence-electron chi connectivity index (χ2n) is 4.78. The van der Waals surface area contributed by atoms with E-state index in [0.29, 0.717) is 20.3 Å².